The number of nitrogens with one attached hydrogen (secondary N) is 1. The largest absolute Gasteiger partial charge is 0.469 e. The number of hydrazine groups is 1. The van der Waals surface area contributed by atoms with E-state index in [9.17, 15) is 28.5 Å². The highest BCUT2D eigenvalue weighted by Gasteiger charge is 2.36. The number of anilines is 1. The van der Waals surface area contributed by atoms with Crippen molar-refractivity contribution in [2.24, 2.45) is 11.7 Å². The third kappa shape index (κ3) is 7.63. The number of methoxy groups -OCH3 is 1. The molecule has 4 N–H and O–H groups in total. The number of guanidine groups is 1. The van der Waals surface area contributed by atoms with Crippen LogP contribution in [-0.4, -0.2) is 79.3 Å². The van der Waals surface area contributed by atoms with Crippen LogP contribution in [0.25, 0.3) is 10.9 Å². The molecule has 2 aromatic rings. The lowest BCUT2D eigenvalue weighted by Crippen LogP contribution is -2.52. The number of para-hydroxylation sites is 1. The number of nitrogens with two attached hydrogens (primary N) is 1. The predicted molar refractivity (Wildman–Crippen MR) is 149 cm³/mol. The van der Waals surface area contributed by atoms with Gasteiger partial charge in [-0.1, -0.05) is 17.1 Å². The topological polar surface area (TPSA) is 196 Å². The van der Waals surface area contributed by atoms with E-state index in [-0.39, 0.29) is 37.0 Å². The Balaban J connectivity index is 1.89. The molecule has 2 atom stereocenters. The number of aromatic nitrogens is 1. The predicted octanol–water partition coefficient (Wildman–Crippen LogP) is 2.21. The summed E-state index contributed by atoms with van der Waals surface area (Å²) in [5.41, 5.74) is 6.94. The number of hydrogen-bond donors (Lipinski definition) is 3. The number of benzene rings is 1. The highest BCUT2D eigenvalue weighted by molar-refractivity contribution is 7.80. The van der Waals surface area contributed by atoms with Crippen LogP contribution in [0.15, 0.2) is 30.5 Å². The summed E-state index contributed by atoms with van der Waals surface area (Å²) < 4.78 is 29.1. The second kappa shape index (κ2) is 14.0. The molecule has 0 aliphatic carbocycles. The number of pyridine rings is 1. The summed E-state index contributed by atoms with van der Waals surface area (Å²) in [5.74, 6) is -1.20. The minimum atomic E-state index is -2.64. The number of aryl methyl sites for hydroxylation is 1. The highest BCUT2D eigenvalue weighted by Crippen LogP contribution is 2.31. The quantitative estimate of drug-likeness (QED) is 0.0840. The number of nitro groups is 1. The lowest BCUT2D eigenvalue weighted by molar-refractivity contribution is -0.629. The summed E-state index contributed by atoms with van der Waals surface area (Å²) in [6.45, 7) is 2.40. The first-order valence-electron chi connectivity index (χ1n) is 12.9. The van der Waals surface area contributed by atoms with Crippen LogP contribution in [0.3, 0.4) is 0 Å². The van der Waals surface area contributed by atoms with Gasteiger partial charge in [0.25, 0.3) is 17.2 Å². The van der Waals surface area contributed by atoms with Gasteiger partial charge in [-0.25, -0.2) is 14.3 Å². The van der Waals surface area contributed by atoms with Crippen molar-refractivity contribution in [3.63, 3.8) is 0 Å². The number of esters is 1. The van der Waals surface area contributed by atoms with Gasteiger partial charge in [0.15, 0.2) is 5.03 Å². The smallest absolute Gasteiger partial charge is 0.305 e. The standard InChI is InChI=1S/C25H35N7O7S/c1-17-15-19-5-3-6-20(23(19)28-16-17)31(40(37)38)21(7-4-12-30(25(26)27)32(35)36)24(34)29-13-10-18(11-14-29)8-9-22(33)39-2/h3,5-6,15-16,18,21H,4,7-14H2,1-2H3,(H3,26,27)(H,37,38). The molecule has 14 nitrogen and oxygen atoms in total. The molecule has 2 unspecified atom stereocenters. The number of fused-ring (bicyclic) bond motifs is 1. The average molecular weight is 578 g/mol. The first-order chi connectivity index (χ1) is 19.0. The third-order valence-corrected chi connectivity index (χ3v) is 7.82. The van der Waals surface area contributed by atoms with Crippen molar-refractivity contribution >= 4 is 45.7 Å². The van der Waals surface area contributed by atoms with Crippen molar-refractivity contribution in [3.05, 3.63) is 46.1 Å². The van der Waals surface area contributed by atoms with Gasteiger partial charge < -0.3 is 15.4 Å². The second-order valence-corrected chi connectivity index (χ2v) is 10.6. The molecule has 15 heteroatoms. The van der Waals surface area contributed by atoms with E-state index in [1.165, 1.54) is 7.11 Å². The van der Waals surface area contributed by atoms with Gasteiger partial charge >= 0.3 is 5.97 Å². The Morgan fingerprint density at radius 1 is 1.38 bits per heavy atom. The van der Waals surface area contributed by atoms with Gasteiger partial charge in [-0.3, -0.25) is 28.8 Å². The maximum absolute atomic E-state index is 13.9. The molecule has 40 heavy (non-hydrogen) atoms. The third-order valence-electron chi connectivity index (χ3n) is 7.03. The fourth-order valence-electron chi connectivity index (χ4n) is 4.94. The zero-order valence-corrected chi connectivity index (χ0v) is 23.3. The Morgan fingerprint density at radius 2 is 2.08 bits per heavy atom. The first-order valence-corrected chi connectivity index (χ1v) is 14.0. The number of hydrogen-bond acceptors (Lipinski definition) is 8. The molecule has 0 saturated carbocycles. The zero-order chi connectivity index (χ0) is 29.4. The van der Waals surface area contributed by atoms with Crippen LogP contribution in [0.1, 0.15) is 44.1 Å². The molecule has 1 aromatic heterocycles. The van der Waals surface area contributed by atoms with E-state index < -0.39 is 34.2 Å². The van der Waals surface area contributed by atoms with Gasteiger partial charge in [0.1, 0.15) is 6.04 Å². The molecule has 0 spiro atoms. The molecular formula is C25H35N7O7S. The van der Waals surface area contributed by atoms with Crippen LogP contribution in [0.2, 0.25) is 0 Å². The second-order valence-electron chi connectivity index (χ2n) is 9.71. The SMILES string of the molecule is COC(=O)CCC1CCN(C(=O)C(CCCN(C(=N)N)[N+](=O)[O-])N(c2cccc3cc(C)cnc23)S(=O)O)CC1. The summed E-state index contributed by atoms with van der Waals surface area (Å²) in [5, 5.41) is 19.1. The van der Waals surface area contributed by atoms with Gasteiger partial charge in [-0.2, -0.15) is 0 Å². The fraction of sp³-hybridized carbons (Fsp3) is 0.520. The van der Waals surface area contributed by atoms with Crippen molar-refractivity contribution < 1.29 is 28.1 Å². The Labute approximate surface area is 234 Å². The lowest BCUT2D eigenvalue weighted by Gasteiger charge is -2.37. The molecular weight excluding hydrogens is 542 g/mol. The number of carbonyl (C=O) groups excluding carboxylic acids is 2. The van der Waals surface area contributed by atoms with Crippen molar-refractivity contribution in [1.29, 1.82) is 5.41 Å². The van der Waals surface area contributed by atoms with Crippen LogP contribution in [0.4, 0.5) is 5.69 Å². The first kappa shape index (κ1) is 30.7. The number of ether oxygens (including phenoxy) is 1. The minimum absolute atomic E-state index is 0.0206. The van der Waals surface area contributed by atoms with Crippen molar-refractivity contribution in [1.82, 2.24) is 14.9 Å². The number of piperidine rings is 1. The number of rotatable bonds is 12. The molecule has 0 radical (unpaired) electrons. The summed E-state index contributed by atoms with van der Waals surface area (Å²) in [6.07, 6.45) is 3.91. The molecule has 0 bridgehead atoms. The summed E-state index contributed by atoms with van der Waals surface area (Å²) in [4.78, 5) is 42.8. The van der Waals surface area contributed by atoms with Gasteiger partial charge in [0.2, 0.25) is 5.91 Å². The monoisotopic (exact) mass is 577 g/mol. The molecule has 1 saturated heterocycles. The van der Waals surface area contributed by atoms with Gasteiger partial charge in [-0.05, 0) is 62.6 Å². The number of likely N-dealkylation sites (tertiary alicyclic amines) is 1. The molecule has 2 heterocycles. The number of nitrogens with zero attached hydrogens (tertiary/aromatic N) is 5. The maximum atomic E-state index is 13.9. The van der Waals surface area contributed by atoms with Crippen LogP contribution >= 0.6 is 0 Å². The molecule has 1 aromatic carbocycles. The molecule has 1 aliphatic heterocycles. The van der Waals surface area contributed by atoms with E-state index in [2.05, 4.69) is 4.98 Å². The Morgan fingerprint density at radius 3 is 2.67 bits per heavy atom. The van der Waals surface area contributed by atoms with Crippen molar-refractivity contribution in [3.8, 4) is 0 Å². The fourth-order valence-corrected chi connectivity index (χ4v) is 5.66. The van der Waals surface area contributed by atoms with E-state index in [0.29, 0.717) is 49.3 Å². The van der Waals surface area contributed by atoms with E-state index in [1.807, 2.05) is 19.1 Å². The van der Waals surface area contributed by atoms with Gasteiger partial charge in [0.05, 0.1) is 24.9 Å². The minimum Gasteiger partial charge on any atom is -0.469 e. The normalized spacial score (nSPS) is 15.3. The molecule has 1 fully saturated rings. The van der Waals surface area contributed by atoms with E-state index in [0.717, 1.165) is 15.3 Å². The van der Waals surface area contributed by atoms with Crippen LogP contribution in [0.5, 0.6) is 0 Å². The highest BCUT2D eigenvalue weighted by atomic mass is 32.2. The summed E-state index contributed by atoms with van der Waals surface area (Å²) in [7, 11) is 1.34. The van der Waals surface area contributed by atoms with E-state index in [1.54, 1.807) is 23.2 Å². The Kier molecular flexibility index (Phi) is 10.7. The summed E-state index contributed by atoms with van der Waals surface area (Å²) >= 11 is -2.64. The van der Waals surface area contributed by atoms with Crippen molar-refractivity contribution in [2.45, 2.75) is 51.5 Å². The lowest BCUT2D eigenvalue weighted by atomic mass is 9.91. The van der Waals surface area contributed by atoms with Crippen molar-refractivity contribution in [2.75, 3.05) is 31.0 Å². The Hall–Kier alpha value is -3.85. The van der Waals surface area contributed by atoms with Crippen LogP contribution in [-0.2, 0) is 25.6 Å². The zero-order valence-electron chi connectivity index (χ0n) is 22.5. The number of amides is 1. The molecule has 1 amide bonds. The Bertz CT molecular complexity index is 1260. The van der Waals surface area contributed by atoms with E-state index in [4.69, 9.17) is 15.9 Å². The van der Waals surface area contributed by atoms with E-state index >= 15 is 0 Å². The molecule has 1 aliphatic rings. The van der Waals surface area contributed by atoms with Gasteiger partial charge in [-0.15, -0.1) is 0 Å². The maximum Gasteiger partial charge on any atom is 0.305 e. The van der Waals surface area contributed by atoms with Gasteiger partial charge in [0, 0.05) is 31.1 Å². The van der Waals surface area contributed by atoms with Crippen LogP contribution in [0, 0.1) is 28.4 Å². The molecule has 3 rings (SSSR count). The van der Waals surface area contributed by atoms with Crippen LogP contribution < -0.4 is 10.0 Å². The average Bonchev–Trinajstić information content (AvgIpc) is 2.92. The molecule has 218 valence electrons. The number of carbonyl (C=O) groups is 2. The summed E-state index contributed by atoms with van der Waals surface area (Å²) in [6, 6.07) is 5.86.